The number of hydrogen-bond acceptors (Lipinski definition) is 9. The highest BCUT2D eigenvalue weighted by atomic mass is 32.2. The van der Waals surface area contributed by atoms with Gasteiger partial charge in [-0.05, 0) is 18.2 Å². The van der Waals surface area contributed by atoms with Gasteiger partial charge in [-0.3, -0.25) is 4.72 Å². The zero-order chi connectivity index (χ0) is 23.3. The molecule has 0 aliphatic rings. The zero-order valence-electron chi connectivity index (χ0n) is 17.3. The fourth-order valence-corrected chi connectivity index (χ4v) is 4.02. The van der Waals surface area contributed by atoms with Crippen LogP contribution in [0.2, 0.25) is 0 Å². The molecule has 0 radical (unpaired) electrons. The lowest BCUT2D eigenvalue weighted by Crippen LogP contribution is -2.19. The van der Waals surface area contributed by atoms with Crippen LogP contribution in [0.5, 0.6) is 23.0 Å². The summed E-state index contributed by atoms with van der Waals surface area (Å²) >= 11 is 0. The number of carboxylic acids is 1. The number of sulfonamides is 1. The first-order valence-electron chi connectivity index (χ1n) is 8.50. The zero-order valence-corrected chi connectivity index (χ0v) is 18.2. The van der Waals surface area contributed by atoms with Gasteiger partial charge in [0, 0.05) is 6.07 Å². The van der Waals surface area contributed by atoms with Gasteiger partial charge in [0.15, 0.2) is 11.5 Å². The third kappa shape index (κ3) is 4.58. The van der Waals surface area contributed by atoms with E-state index in [1.165, 1.54) is 46.6 Å². The molecule has 12 heteroatoms. The molecule has 11 nitrogen and oxygen atoms in total. The van der Waals surface area contributed by atoms with E-state index in [1.807, 2.05) is 0 Å². The lowest BCUT2D eigenvalue weighted by Gasteiger charge is -2.20. The molecule has 31 heavy (non-hydrogen) atoms. The van der Waals surface area contributed by atoms with Gasteiger partial charge in [-0.25, -0.2) is 18.0 Å². The van der Waals surface area contributed by atoms with E-state index in [4.69, 9.17) is 23.7 Å². The van der Waals surface area contributed by atoms with Gasteiger partial charge in [-0.2, -0.15) is 0 Å². The molecule has 2 aromatic carbocycles. The number of carbonyl (C=O) groups is 2. The molecule has 0 amide bonds. The highest BCUT2D eigenvalue weighted by molar-refractivity contribution is 7.92. The van der Waals surface area contributed by atoms with Gasteiger partial charge < -0.3 is 28.8 Å². The number of carbonyl (C=O) groups excluding carboxylic acids is 1. The van der Waals surface area contributed by atoms with Crippen molar-refractivity contribution < 1.29 is 46.8 Å². The summed E-state index contributed by atoms with van der Waals surface area (Å²) in [5.41, 5.74) is -0.808. The largest absolute Gasteiger partial charge is 0.495 e. The van der Waals surface area contributed by atoms with Gasteiger partial charge in [-0.15, -0.1) is 0 Å². The van der Waals surface area contributed by atoms with Crippen LogP contribution in [0.15, 0.2) is 29.2 Å². The Morgan fingerprint density at radius 2 is 1.48 bits per heavy atom. The molecule has 2 N–H and O–H groups in total. The predicted octanol–water partition coefficient (Wildman–Crippen LogP) is 2.01. The van der Waals surface area contributed by atoms with Crippen molar-refractivity contribution in [3.05, 3.63) is 35.4 Å². The average Bonchev–Trinajstić information content (AvgIpc) is 2.76. The minimum atomic E-state index is -4.48. The fourth-order valence-electron chi connectivity index (χ4n) is 2.74. The maximum absolute atomic E-state index is 13.2. The van der Waals surface area contributed by atoms with Crippen molar-refractivity contribution in [3.8, 4) is 23.0 Å². The summed E-state index contributed by atoms with van der Waals surface area (Å²) in [6.45, 7) is 0. The summed E-state index contributed by atoms with van der Waals surface area (Å²) in [6.07, 6.45) is 0. The molecule has 0 atom stereocenters. The van der Waals surface area contributed by atoms with Crippen molar-refractivity contribution in [3.63, 3.8) is 0 Å². The average molecular weight is 455 g/mol. The minimum Gasteiger partial charge on any atom is -0.495 e. The van der Waals surface area contributed by atoms with Crippen LogP contribution in [0.25, 0.3) is 0 Å². The summed E-state index contributed by atoms with van der Waals surface area (Å²) in [5, 5.41) is 9.22. The van der Waals surface area contributed by atoms with Crippen LogP contribution >= 0.6 is 0 Å². The van der Waals surface area contributed by atoms with Crippen molar-refractivity contribution in [1.82, 2.24) is 0 Å². The Hall–Kier alpha value is -3.67. The van der Waals surface area contributed by atoms with Crippen molar-refractivity contribution in [1.29, 1.82) is 0 Å². The number of nitrogens with one attached hydrogen (secondary N) is 1. The number of anilines is 1. The summed E-state index contributed by atoms with van der Waals surface area (Å²) in [6, 6.07) is 4.53. The number of rotatable bonds is 9. The normalized spacial score (nSPS) is 10.7. The van der Waals surface area contributed by atoms with Crippen LogP contribution in [-0.4, -0.2) is 61.0 Å². The lowest BCUT2D eigenvalue weighted by molar-refractivity contribution is 0.0600. The standard InChI is InChI=1S/C19H21NO10S/c1-26-12-7-6-10(18(21)22)8-14(12)31(24,25)20-15-11(19(23)30-5)9-13(27-2)16(28-3)17(15)29-4/h6-9,20H,1-5H3,(H,21,22). The Morgan fingerprint density at radius 3 is 1.97 bits per heavy atom. The molecule has 0 unspecified atom stereocenters. The second-order valence-electron chi connectivity index (χ2n) is 5.84. The number of hydrogen-bond donors (Lipinski definition) is 2. The van der Waals surface area contributed by atoms with Crippen LogP contribution in [0.3, 0.4) is 0 Å². The molecule has 0 aliphatic heterocycles. The Balaban J connectivity index is 2.78. The molecule has 0 spiro atoms. The second kappa shape index (κ2) is 9.43. The number of methoxy groups -OCH3 is 5. The van der Waals surface area contributed by atoms with Crippen LogP contribution in [0.1, 0.15) is 20.7 Å². The minimum absolute atomic E-state index is 0.0154. The first-order valence-corrected chi connectivity index (χ1v) is 9.98. The Labute approximate surface area is 178 Å². The van der Waals surface area contributed by atoms with Gasteiger partial charge in [0.05, 0.1) is 46.7 Å². The third-order valence-electron chi connectivity index (χ3n) is 4.17. The first-order chi connectivity index (χ1) is 14.6. The SMILES string of the molecule is COC(=O)c1cc(OC)c(OC)c(OC)c1NS(=O)(=O)c1cc(C(=O)O)ccc1OC. The van der Waals surface area contributed by atoms with Gasteiger partial charge in [-0.1, -0.05) is 0 Å². The monoisotopic (exact) mass is 455 g/mol. The topological polar surface area (TPSA) is 147 Å². The molecule has 2 rings (SSSR count). The Morgan fingerprint density at radius 1 is 0.871 bits per heavy atom. The van der Waals surface area contributed by atoms with Crippen molar-refractivity contribution in [2.75, 3.05) is 40.3 Å². The number of ether oxygens (including phenoxy) is 5. The highest BCUT2D eigenvalue weighted by Crippen LogP contribution is 2.46. The summed E-state index contributed by atoms with van der Waals surface area (Å²) in [5.74, 6) is -2.38. The van der Waals surface area contributed by atoms with Crippen molar-refractivity contribution >= 4 is 27.6 Å². The number of aromatic carboxylic acids is 1. The highest BCUT2D eigenvalue weighted by Gasteiger charge is 2.30. The second-order valence-corrected chi connectivity index (χ2v) is 7.49. The van der Waals surface area contributed by atoms with Crippen LogP contribution < -0.4 is 23.7 Å². The van der Waals surface area contributed by atoms with Gasteiger partial charge in [0.1, 0.15) is 16.3 Å². The predicted molar refractivity (Wildman–Crippen MR) is 108 cm³/mol. The molecule has 168 valence electrons. The molecule has 2 aromatic rings. The van der Waals surface area contributed by atoms with Crippen LogP contribution in [-0.2, 0) is 14.8 Å². The van der Waals surface area contributed by atoms with Crippen molar-refractivity contribution in [2.24, 2.45) is 0 Å². The smallest absolute Gasteiger partial charge is 0.340 e. The quantitative estimate of drug-likeness (QED) is 0.538. The van der Waals surface area contributed by atoms with Gasteiger partial charge in [0.2, 0.25) is 5.75 Å². The molecular formula is C19H21NO10S. The summed E-state index contributed by atoms with van der Waals surface area (Å²) in [7, 11) is 1.73. The molecule has 0 fully saturated rings. The summed E-state index contributed by atoms with van der Waals surface area (Å²) < 4.78 is 54.1. The van der Waals surface area contributed by atoms with Crippen LogP contribution in [0.4, 0.5) is 5.69 Å². The van der Waals surface area contributed by atoms with E-state index in [2.05, 4.69) is 4.72 Å². The third-order valence-corrected chi connectivity index (χ3v) is 5.54. The number of carboxylic acid groups (broad SMARTS) is 1. The first kappa shape index (κ1) is 23.6. The lowest BCUT2D eigenvalue weighted by atomic mass is 10.1. The fraction of sp³-hybridized carbons (Fsp3) is 0.263. The van der Waals surface area contributed by atoms with Crippen LogP contribution in [0, 0.1) is 0 Å². The van der Waals surface area contributed by atoms with Gasteiger partial charge in [0.25, 0.3) is 10.0 Å². The molecule has 0 saturated heterocycles. The Kier molecular flexibility index (Phi) is 7.18. The van der Waals surface area contributed by atoms with E-state index < -0.39 is 26.9 Å². The maximum Gasteiger partial charge on any atom is 0.340 e. The van der Waals surface area contributed by atoms with Crippen molar-refractivity contribution in [2.45, 2.75) is 4.90 Å². The van der Waals surface area contributed by atoms with E-state index in [0.29, 0.717) is 0 Å². The molecule has 0 bridgehead atoms. The van der Waals surface area contributed by atoms with E-state index in [1.54, 1.807) is 0 Å². The molecular weight excluding hydrogens is 434 g/mol. The number of esters is 1. The molecule has 0 heterocycles. The van der Waals surface area contributed by atoms with E-state index >= 15 is 0 Å². The summed E-state index contributed by atoms with van der Waals surface area (Å²) in [4.78, 5) is 23.2. The maximum atomic E-state index is 13.2. The van der Waals surface area contributed by atoms with E-state index in [-0.39, 0.29) is 39.8 Å². The molecule has 0 saturated carbocycles. The van der Waals surface area contributed by atoms with E-state index in [9.17, 15) is 23.1 Å². The molecule has 0 aromatic heterocycles. The number of benzene rings is 2. The van der Waals surface area contributed by atoms with Gasteiger partial charge >= 0.3 is 11.9 Å². The Bertz CT molecular complexity index is 1110. The molecule has 0 aliphatic carbocycles. The van der Waals surface area contributed by atoms with E-state index in [0.717, 1.165) is 13.2 Å².